The standard InChI is InChI=1S/C16H17Cl2N3O5S/c1-3-25-14(23)7-6-13(22)19-16(27)21-20-15(24)9(2)26-12-5-4-10(17)8-11(12)18/h4-9H,3H2,1-2H3,(H,20,24)(H2,19,21,22,27). The first-order chi connectivity index (χ1) is 12.7. The molecule has 0 saturated heterocycles. The van der Waals surface area contributed by atoms with E-state index in [0.29, 0.717) is 5.02 Å². The summed E-state index contributed by atoms with van der Waals surface area (Å²) in [4.78, 5) is 34.6. The van der Waals surface area contributed by atoms with Gasteiger partial charge in [-0.05, 0) is 44.3 Å². The van der Waals surface area contributed by atoms with Gasteiger partial charge in [0.1, 0.15) is 5.75 Å². The van der Waals surface area contributed by atoms with Crippen molar-refractivity contribution in [3.63, 3.8) is 0 Å². The van der Waals surface area contributed by atoms with Crippen LogP contribution in [0.3, 0.4) is 0 Å². The summed E-state index contributed by atoms with van der Waals surface area (Å²) in [5.74, 6) is -1.62. The Kier molecular flexibility index (Phi) is 9.55. The van der Waals surface area contributed by atoms with Crippen LogP contribution in [0.25, 0.3) is 0 Å². The molecule has 1 atom stereocenters. The Morgan fingerprint density at radius 1 is 1.22 bits per heavy atom. The van der Waals surface area contributed by atoms with Gasteiger partial charge in [-0.25, -0.2) is 4.79 Å². The van der Waals surface area contributed by atoms with Gasteiger partial charge in [-0.15, -0.1) is 0 Å². The molecule has 0 heterocycles. The summed E-state index contributed by atoms with van der Waals surface area (Å²) in [5.41, 5.74) is 4.60. The SMILES string of the molecule is CCOC(=O)C=CC(=O)NC(=S)NNC(=O)C(C)Oc1ccc(Cl)cc1Cl. The highest BCUT2D eigenvalue weighted by Gasteiger charge is 2.16. The first kappa shape index (κ1) is 22.7. The van der Waals surface area contributed by atoms with Crippen molar-refractivity contribution < 1.29 is 23.9 Å². The first-order valence-corrected chi connectivity index (χ1v) is 8.76. The average molecular weight is 434 g/mol. The molecule has 1 rings (SSSR count). The summed E-state index contributed by atoms with van der Waals surface area (Å²) in [6.45, 7) is 3.32. The van der Waals surface area contributed by atoms with Crippen LogP contribution < -0.4 is 20.9 Å². The molecule has 1 unspecified atom stereocenters. The molecule has 2 amide bonds. The molecule has 0 saturated carbocycles. The largest absolute Gasteiger partial charge is 0.479 e. The maximum atomic E-state index is 12.0. The normalized spacial score (nSPS) is 11.4. The first-order valence-electron chi connectivity index (χ1n) is 7.60. The molecule has 0 fully saturated rings. The lowest BCUT2D eigenvalue weighted by atomic mass is 10.3. The van der Waals surface area contributed by atoms with E-state index in [1.807, 2.05) is 0 Å². The van der Waals surface area contributed by atoms with Crippen LogP contribution in [-0.2, 0) is 19.1 Å². The van der Waals surface area contributed by atoms with E-state index in [0.717, 1.165) is 12.2 Å². The lowest BCUT2D eigenvalue weighted by Crippen LogP contribution is -2.51. The second-order valence-corrected chi connectivity index (χ2v) is 6.10. The molecule has 1 aromatic carbocycles. The number of benzene rings is 1. The lowest BCUT2D eigenvalue weighted by Gasteiger charge is -2.16. The zero-order valence-electron chi connectivity index (χ0n) is 14.4. The number of carbonyl (C=O) groups is 3. The Morgan fingerprint density at radius 2 is 1.93 bits per heavy atom. The van der Waals surface area contributed by atoms with E-state index >= 15 is 0 Å². The van der Waals surface area contributed by atoms with E-state index in [1.54, 1.807) is 13.0 Å². The number of nitrogens with one attached hydrogen (secondary N) is 3. The van der Waals surface area contributed by atoms with E-state index in [4.69, 9.17) is 40.2 Å². The monoisotopic (exact) mass is 433 g/mol. The fraction of sp³-hybridized carbons (Fsp3) is 0.250. The molecular formula is C16H17Cl2N3O5S. The van der Waals surface area contributed by atoms with Gasteiger partial charge in [0.15, 0.2) is 11.2 Å². The van der Waals surface area contributed by atoms with Gasteiger partial charge < -0.3 is 9.47 Å². The summed E-state index contributed by atoms with van der Waals surface area (Å²) in [5, 5.41) is 2.74. The van der Waals surface area contributed by atoms with Crippen LogP contribution in [0.5, 0.6) is 5.75 Å². The summed E-state index contributed by atoms with van der Waals surface area (Å²) < 4.78 is 10.1. The van der Waals surface area contributed by atoms with Crippen LogP contribution in [0.1, 0.15) is 13.8 Å². The van der Waals surface area contributed by atoms with E-state index < -0.39 is 23.9 Å². The zero-order chi connectivity index (χ0) is 20.4. The van der Waals surface area contributed by atoms with Crippen LogP contribution in [-0.4, -0.2) is 35.6 Å². The highest BCUT2D eigenvalue weighted by atomic mass is 35.5. The van der Waals surface area contributed by atoms with Gasteiger partial charge in [-0.3, -0.25) is 25.8 Å². The van der Waals surface area contributed by atoms with Crippen LogP contribution in [0.2, 0.25) is 10.0 Å². The third kappa shape index (κ3) is 8.72. The summed E-state index contributed by atoms with van der Waals surface area (Å²) in [6.07, 6.45) is 0.979. The second-order valence-electron chi connectivity index (χ2n) is 4.85. The fourth-order valence-corrected chi connectivity index (χ4v) is 2.16. The van der Waals surface area contributed by atoms with Crippen molar-refractivity contribution in [3.05, 3.63) is 40.4 Å². The molecule has 8 nitrogen and oxygen atoms in total. The van der Waals surface area contributed by atoms with Crippen LogP contribution in [0.15, 0.2) is 30.4 Å². The minimum absolute atomic E-state index is 0.182. The number of hydrogen-bond donors (Lipinski definition) is 3. The summed E-state index contributed by atoms with van der Waals surface area (Å²) in [6, 6.07) is 4.58. The molecular weight excluding hydrogens is 417 g/mol. The Morgan fingerprint density at radius 3 is 2.56 bits per heavy atom. The third-order valence-corrected chi connectivity index (χ3v) is 3.49. The molecule has 146 valence electrons. The van der Waals surface area contributed by atoms with E-state index in [2.05, 4.69) is 20.9 Å². The molecule has 1 aromatic rings. The predicted octanol–water partition coefficient (Wildman–Crippen LogP) is 1.90. The molecule has 0 aliphatic rings. The van der Waals surface area contributed by atoms with E-state index in [1.165, 1.54) is 19.1 Å². The molecule has 11 heteroatoms. The number of hydrazine groups is 1. The molecule has 0 spiro atoms. The van der Waals surface area contributed by atoms with Crippen LogP contribution in [0, 0.1) is 0 Å². The number of esters is 1. The van der Waals surface area contributed by atoms with Crippen LogP contribution >= 0.6 is 35.4 Å². The summed E-state index contributed by atoms with van der Waals surface area (Å²) in [7, 11) is 0. The average Bonchev–Trinajstić information content (AvgIpc) is 2.60. The Bertz CT molecular complexity index is 758. The Labute approximate surface area is 171 Å². The van der Waals surface area contributed by atoms with E-state index in [-0.39, 0.29) is 22.5 Å². The topological polar surface area (TPSA) is 106 Å². The van der Waals surface area contributed by atoms with E-state index in [9.17, 15) is 14.4 Å². The van der Waals surface area contributed by atoms with Gasteiger partial charge in [0, 0.05) is 17.2 Å². The van der Waals surface area contributed by atoms with Crippen molar-refractivity contribution in [1.29, 1.82) is 0 Å². The minimum atomic E-state index is -0.918. The Hall–Kier alpha value is -2.36. The van der Waals surface area contributed by atoms with Gasteiger partial charge in [-0.2, -0.15) is 0 Å². The number of carbonyl (C=O) groups excluding carboxylic acids is 3. The summed E-state index contributed by atoms with van der Waals surface area (Å²) >= 11 is 16.6. The van der Waals surface area contributed by atoms with Gasteiger partial charge >= 0.3 is 5.97 Å². The van der Waals surface area contributed by atoms with Crippen molar-refractivity contribution in [3.8, 4) is 5.75 Å². The number of ether oxygens (including phenoxy) is 2. The molecule has 0 aliphatic carbocycles. The van der Waals surface area contributed by atoms with Gasteiger partial charge in [-0.1, -0.05) is 23.2 Å². The number of halogens is 2. The zero-order valence-corrected chi connectivity index (χ0v) is 16.7. The van der Waals surface area contributed by atoms with Crippen molar-refractivity contribution in [2.24, 2.45) is 0 Å². The number of thiocarbonyl (C=S) groups is 1. The number of hydrogen-bond acceptors (Lipinski definition) is 6. The quantitative estimate of drug-likeness (QED) is 0.272. The van der Waals surface area contributed by atoms with Gasteiger partial charge in [0.05, 0.1) is 11.6 Å². The predicted molar refractivity (Wildman–Crippen MR) is 104 cm³/mol. The maximum absolute atomic E-state index is 12.0. The molecule has 0 aromatic heterocycles. The van der Waals surface area contributed by atoms with Gasteiger partial charge in [0.2, 0.25) is 5.91 Å². The van der Waals surface area contributed by atoms with Crippen LogP contribution in [0.4, 0.5) is 0 Å². The van der Waals surface area contributed by atoms with Crippen molar-refractivity contribution in [1.82, 2.24) is 16.2 Å². The van der Waals surface area contributed by atoms with Crippen molar-refractivity contribution in [2.75, 3.05) is 6.61 Å². The molecule has 27 heavy (non-hydrogen) atoms. The molecule has 0 bridgehead atoms. The highest BCUT2D eigenvalue weighted by Crippen LogP contribution is 2.28. The smallest absolute Gasteiger partial charge is 0.330 e. The number of rotatable bonds is 6. The van der Waals surface area contributed by atoms with Gasteiger partial charge in [0.25, 0.3) is 5.91 Å². The highest BCUT2D eigenvalue weighted by molar-refractivity contribution is 7.80. The molecule has 3 N–H and O–H groups in total. The molecule has 0 radical (unpaired) electrons. The fourth-order valence-electron chi connectivity index (χ4n) is 1.55. The van der Waals surface area contributed by atoms with Crippen molar-refractivity contribution in [2.45, 2.75) is 20.0 Å². The number of amides is 2. The maximum Gasteiger partial charge on any atom is 0.330 e. The minimum Gasteiger partial charge on any atom is -0.479 e. The second kappa shape index (κ2) is 11.4. The third-order valence-electron chi connectivity index (χ3n) is 2.76. The Balaban J connectivity index is 2.42. The van der Waals surface area contributed by atoms with Crippen molar-refractivity contribution >= 4 is 58.3 Å². The lowest BCUT2D eigenvalue weighted by molar-refractivity contribution is -0.137. The molecule has 0 aliphatic heterocycles.